The van der Waals surface area contributed by atoms with Crippen LogP contribution in [0.4, 0.5) is 0 Å². The van der Waals surface area contributed by atoms with Crippen molar-refractivity contribution in [2.24, 2.45) is 20.0 Å². The van der Waals surface area contributed by atoms with Crippen molar-refractivity contribution in [1.29, 1.82) is 0 Å². The molecule has 2 aromatic carbocycles. The minimum absolute atomic E-state index is 0.720. The normalized spacial score (nSPS) is 18.9. The van der Waals surface area contributed by atoms with Gasteiger partial charge in [-0.15, -0.1) is 0 Å². The number of benzene rings is 2. The van der Waals surface area contributed by atoms with Gasteiger partial charge in [0.05, 0.1) is 11.4 Å². The van der Waals surface area contributed by atoms with Crippen molar-refractivity contribution in [3.05, 3.63) is 82.9 Å². The molecule has 0 spiro atoms. The van der Waals surface area contributed by atoms with E-state index in [0.717, 1.165) is 93.9 Å². The highest BCUT2D eigenvalue weighted by Crippen LogP contribution is 2.25. The summed E-state index contributed by atoms with van der Waals surface area (Å²) in [5, 5.41) is 0. The highest BCUT2D eigenvalue weighted by Gasteiger charge is 2.18. The fourth-order valence-electron chi connectivity index (χ4n) is 5.40. The summed E-state index contributed by atoms with van der Waals surface area (Å²) < 4.78 is 0. The Morgan fingerprint density at radius 3 is 1.37 bits per heavy atom. The fourth-order valence-corrected chi connectivity index (χ4v) is 5.40. The second-order valence-corrected chi connectivity index (χ2v) is 10.9. The van der Waals surface area contributed by atoms with Gasteiger partial charge >= 0.3 is 0 Å². The third kappa shape index (κ3) is 8.59. The van der Waals surface area contributed by atoms with Crippen LogP contribution in [0.3, 0.4) is 0 Å². The number of hydrogen-bond acceptors (Lipinski definition) is 6. The molecule has 2 bridgehead atoms. The minimum Gasteiger partial charge on any atom is -0.374 e. The van der Waals surface area contributed by atoms with Gasteiger partial charge in [0, 0.05) is 88.4 Å². The van der Waals surface area contributed by atoms with Crippen LogP contribution in [0.5, 0.6) is 0 Å². The molecule has 6 heteroatoms. The van der Waals surface area contributed by atoms with Gasteiger partial charge in [0.25, 0.3) is 0 Å². The molecule has 2 aromatic rings. The maximum atomic E-state index is 5.04. The smallest absolute Gasteiger partial charge is 0.0544 e. The van der Waals surface area contributed by atoms with Gasteiger partial charge in [-0.3, -0.25) is 20.0 Å². The number of rotatable bonds is 2. The molecule has 216 valence electrons. The average Bonchev–Trinajstić information content (AvgIpc) is 2.98. The van der Waals surface area contributed by atoms with Gasteiger partial charge in [-0.25, -0.2) is 0 Å². The summed E-state index contributed by atoms with van der Waals surface area (Å²) in [7, 11) is 4.42. The molecule has 3 aliphatic rings. The zero-order valence-corrected chi connectivity index (χ0v) is 25.4. The molecule has 6 nitrogen and oxygen atoms in total. The summed E-state index contributed by atoms with van der Waals surface area (Å²) in [6.45, 7) is 9.10. The number of nitrogens with zero attached hydrogens (tertiary/aromatic N) is 6. The van der Waals surface area contributed by atoms with Crippen LogP contribution in [-0.4, -0.2) is 87.0 Å². The van der Waals surface area contributed by atoms with E-state index in [9.17, 15) is 0 Å². The first-order chi connectivity index (χ1) is 20.1. The highest BCUT2D eigenvalue weighted by atomic mass is 15.1. The third-order valence-electron chi connectivity index (χ3n) is 7.66. The molecule has 0 atom stereocenters. The van der Waals surface area contributed by atoms with Crippen LogP contribution < -0.4 is 0 Å². The average molecular weight is 551 g/mol. The van der Waals surface area contributed by atoms with Crippen LogP contribution in [-0.2, 0) is 0 Å². The van der Waals surface area contributed by atoms with Gasteiger partial charge in [0.15, 0.2) is 0 Å². The lowest BCUT2D eigenvalue weighted by atomic mass is 10.0. The van der Waals surface area contributed by atoms with Gasteiger partial charge in [0.1, 0.15) is 0 Å². The van der Waals surface area contributed by atoms with E-state index in [4.69, 9.17) is 20.0 Å². The van der Waals surface area contributed by atoms with Crippen LogP contribution >= 0.6 is 0 Å². The van der Waals surface area contributed by atoms with Gasteiger partial charge in [-0.1, -0.05) is 60.7 Å². The van der Waals surface area contributed by atoms with Crippen LogP contribution in [0, 0.1) is 0 Å². The van der Waals surface area contributed by atoms with Gasteiger partial charge in [0.2, 0.25) is 0 Å². The molecule has 0 aromatic heterocycles. The molecule has 0 fully saturated rings. The number of allylic oxidation sites excluding steroid dienone is 2. The summed E-state index contributed by atoms with van der Waals surface area (Å²) in [5.41, 5.74) is 9.05. The second-order valence-electron chi connectivity index (χ2n) is 10.9. The molecule has 0 unspecified atom stereocenters. The first-order valence-corrected chi connectivity index (χ1v) is 15.1. The molecule has 3 aliphatic heterocycles. The van der Waals surface area contributed by atoms with Gasteiger partial charge < -0.3 is 9.80 Å². The van der Waals surface area contributed by atoms with Gasteiger partial charge in [-0.05, 0) is 57.1 Å². The molecule has 41 heavy (non-hydrogen) atoms. The summed E-state index contributed by atoms with van der Waals surface area (Å²) >= 11 is 0. The molecule has 0 saturated carbocycles. The van der Waals surface area contributed by atoms with Crippen molar-refractivity contribution in [1.82, 2.24) is 9.80 Å². The van der Waals surface area contributed by atoms with Crippen LogP contribution in [0.1, 0.15) is 57.1 Å². The van der Waals surface area contributed by atoms with E-state index in [1.807, 2.05) is 12.4 Å². The van der Waals surface area contributed by atoms with Crippen molar-refractivity contribution in [2.45, 2.75) is 46.0 Å². The van der Waals surface area contributed by atoms with Crippen molar-refractivity contribution >= 4 is 35.2 Å². The number of hydrogen-bond donors (Lipinski definition) is 0. The van der Waals surface area contributed by atoms with E-state index in [-0.39, 0.29) is 0 Å². The Balaban J connectivity index is 1.82. The Kier molecular flexibility index (Phi) is 11.7. The predicted molar refractivity (Wildman–Crippen MR) is 178 cm³/mol. The van der Waals surface area contributed by atoms with Crippen molar-refractivity contribution in [3.8, 4) is 0 Å². The molecular weight excluding hydrogens is 504 g/mol. The molecule has 0 radical (unpaired) electrons. The van der Waals surface area contributed by atoms with E-state index in [1.165, 1.54) is 22.5 Å². The molecule has 0 amide bonds. The summed E-state index contributed by atoms with van der Waals surface area (Å²) in [6.07, 6.45) is 9.23. The van der Waals surface area contributed by atoms with Crippen molar-refractivity contribution in [2.75, 3.05) is 53.4 Å². The highest BCUT2D eigenvalue weighted by molar-refractivity contribution is 6.21. The standard InChI is InChI=1S/C35H46N6/c1-28-32-26-36-20-14-21-37-27-33(29(2)39-23-15-22-38-28)35(31-18-10-6-11-19-31)41(4)25-13-7-12-24-40(3)34(32)30-16-8-5-9-17-30/h5-6,8-11,16-19,26-27H,7,12-15,20-25H2,1-4H3. The maximum absolute atomic E-state index is 5.04. The van der Waals surface area contributed by atoms with Gasteiger partial charge in [-0.2, -0.15) is 0 Å². The first kappa shape index (κ1) is 30.2. The van der Waals surface area contributed by atoms with E-state index >= 15 is 0 Å². The number of aliphatic imine (C=N–C) groups is 4. The summed E-state index contributed by atoms with van der Waals surface area (Å²) in [6, 6.07) is 21.4. The van der Waals surface area contributed by atoms with Crippen molar-refractivity contribution < 1.29 is 0 Å². The van der Waals surface area contributed by atoms with E-state index in [0.29, 0.717) is 0 Å². The van der Waals surface area contributed by atoms with E-state index in [2.05, 4.69) is 98.4 Å². The van der Waals surface area contributed by atoms with E-state index in [1.54, 1.807) is 0 Å². The fraction of sp³-hybridized carbons (Fsp3) is 0.429. The zero-order chi connectivity index (χ0) is 28.9. The molecule has 0 N–H and O–H groups in total. The molecule has 3 heterocycles. The summed E-state index contributed by atoms with van der Waals surface area (Å²) in [5.74, 6) is 0. The molecular formula is C35H46N6. The lowest BCUT2D eigenvalue weighted by Gasteiger charge is -2.27. The molecule has 0 aliphatic carbocycles. The van der Waals surface area contributed by atoms with Crippen LogP contribution in [0.2, 0.25) is 0 Å². The SMILES string of the molecule is CC1=NCCCN=C(C)C2=C(c3ccccc3)N(C)CCCCCN(C)C(c3ccccc3)=C1C=NCCCN=C2. The van der Waals surface area contributed by atoms with E-state index < -0.39 is 0 Å². The quantitative estimate of drug-likeness (QED) is 0.417. The Morgan fingerprint density at radius 2 is 0.927 bits per heavy atom. The van der Waals surface area contributed by atoms with Crippen LogP contribution in [0.15, 0.2) is 91.8 Å². The Bertz CT molecular complexity index is 1200. The topological polar surface area (TPSA) is 55.9 Å². The largest absolute Gasteiger partial charge is 0.374 e. The van der Waals surface area contributed by atoms with Crippen molar-refractivity contribution in [3.63, 3.8) is 0 Å². The lowest BCUT2D eigenvalue weighted by molar-refractivity contribution is 0.419. The zero-order valence-electron chi connectivity index (χ0n) is 25.4. The summed E-state index contributed by atoms with van der Waals surface area (Å²) in [4.78, 5) is 24.6. The molecule has 5 rings (SSSR count). The maximum Gasteiger partial charge on any atom is 0.0544 e. The predicted octanol–water partition coefficient (Wildman–Crippen LogP) is 6.71. The Labute approximate surface area is 247 Å². The third-order valence-corrected chi connectivity index (χ3v) is 7.66. The first-order valence-electron chi connectivity index (χ1n) is 15.1. The second kappa shape index (κ2) is 15.8. The number of fused-ring (bicyclic) bond motifs is 16. The Morgan fingerprint density at radius 1 is 0.512 bits per heavy atom. The monoisotopic (exact) mass is 550 g/mol. The lowest BCUT2D eigenvalue weighted by Crippen LogP contribution is -2.24. The van der Waals surface area contributed by atoms with Crippen LogP contribution in [0.25, 0.3) is 11.4 Å². The minimum atomic E-state index is 0.720. The Hall–Kier alpha value is -3.80. The molecule has 0 saturated heterocycles.